The Morgan fingerprint density at radius 3 is 2.50 bits per heavy atom. The van der Waals surface area contributed by atoms with E-state index in [-0.39, 0.29) is 29.6 Å². The lowest BCUT2D eigenvalue weighted by atomic mass is 10.1. The highest BCUT2D eigenvalue weighted by atomic mass is 19.3. The first kappa shape index (κ1) is 15.9. The Morgan fingerprint density at radius 2 is 1.86 bits per heavy atom. The molecule has 0 radical (unpaired) electrons. The molecule has 3 nitrogen and oxygen atoms in total. The Kier molecular flexibility index (Phi) is 5.04. The summed E-state index contributed by atoms with van der Waals surface area (Å²) in [5.41, 5.74) is 1.000. The lowest BCUT2D eigenvalue weighted by Gasteiger charge is -2.18. The second-order valence-corrected chi connectivity index (χ2v) is 4.69. The summed E-state index contributed by atoms with van der Waals surface area (Å²) in [7, 11) is 1.58. The van der Waals surface area contributed by atoms with Gasteiger partial charge in [-0.1, -0.05) is 18.2 Å². The SMILES string of the molecule is CN(Cc1ccc(F)cc1)C(=O)c1cccc(OC(F)F)c1. The van der Waals surface area contributed by atoms with Crippen LogP contribution in [-0.4, -0.2) is 24.5 Å². The van der Waals surface area contributed by atoms with Crippen molar-refractivity contribution in [1.29, 1.82) is 0 Å². The molecule has 116 valence electrons. The third-order valence-corrected chi connectivity index (χ3v) is 2.99. The monoisotopic (exact) mass is 309 g/mol. The van der Waals surface area contributed by atoms with Gasteiger partial charge >= 0.3 is 6.61 Å². The van der Waals surface area contributed by atoms with Crippen LogP contribution in [0.25, 0.3) is 0 Å². The van der Waals surface area contributed by atoms with Gasteiger partial charge in [-0.05, 0) is 35.9 Å². The highest BCUT2D eigenvalue weighted by molar-refractivity contribution is 5.94. The van der Waals surface area contributed by atoms with E-state index < -0.39 is 6.61 Å². The molecule has 0 unspecified atom stereocenters. The van der Waals surface area contributed by atoms with Gasteiger partial charge in [0.05, 0.1) is 0 Å². The van der Waals surface area contributed by atoms with E-state index in [4.69, 9.17) is 0 Å². The first-order valence-electron chi connectivity index (χ1n) is 6.50. The van der Waals surface area contributed by atoms with Crippen LogP contribution < -0.4 is 4.74 Å². The molecule has 0 aliphatic heterocycles. The fourth-order valence-corrected chi connectivity index (χ4v) is 1.96. The Bertz CT molecular complexity index is 644. The molecule has 22 heavy (non-hydrogen) atoms. The van der Waals surface area contributed by atoms with Crippen LogP contribution in [0.3, 0.4) is 0 Å². The zero-order chi connectivity index (χ0) is 16.1. The average molecular weight is 309 g/mol. The summed E-state index contributed by atoms with van der Waals surface area (Å²) < 4.78 is 41.5. The number of benzene rings is 2. The van der Waals surface area contributed by atoms with Crippen molar-refractivity contribution in [2.24, 2.45) is 0 Å². The first-order chi connectivity index (χ1) is 10.5. The van der Waals surface area contributed by atoms with Gasteiger partial charge in [-0.2, -0.15) is 8.78 Å². The van der Waals surface area contributed by atoms with Crippen LogP contribution in [0.5, 0.6) is 5.75 Å². The van der Waals surface area contributed by atoms with Gasteiger partial charge in [0.1, 0.15) is 11.6 Å². The van der Waals surface area contributed by atoms with Gasteiger partial charge in [0.2, 0.25) is 0 Å². The maximum atomic E-state index is 12.8. The van der Waals surface area contributed by atoms with Gasteiger partial charge in [-0.25, -0.2) is 4.39 Å². The lowest BCUT2D eigenvalue weighted by molar-refractivity contribution is -0.0499. The van der Waals surface area contributed by atoms with Crippen molar-refractivity contribution < 1.29 is 22.7 Å². The molecule has 0 heterocycles. The summed E-state index contributed by atoms with van der Waals surface area (Å²) in [6.07, 6.45) is 0. The number of hydrogen-bond donors (Lipinski definition) is 0. The Morgan fingerprint density at radius 1 is 1.18 bits per heavy atom. The second kappa shape index (κ2) is 6.98. The Labute approximate surface area is 125 Å². The molecule has 0 atom stereocenters. The second-order valence-electron chi connectivity index (χ2n) is 4.69. The molecule has 6 heteroatoms. The molecule has 0 saturated carbocycles. The summed E-state index contributed by atoms with van der Waals surface area (Å²) in [5.74, 6) is -0.769. The lowest BCUT2D eigenvalue weighted by Crippen LogP contribution is -2.26. The van der Waals surface area contributed by atoms with Gasteiger partial charge in [-0.15, -0.1) is 0 Å². The van der Waals surface area contributed by atoms with Crippen molar-refractivity contribution in [3.05, 3.63) is 65.5 Å². The van der Waals surface area contributed by atoms with Crippen molar-refractivity contribution in [1.82, 2.24) is 4.90 Å². The standard InChI is InChI=1S/C16H14F3NO2/c1-20(10-11-5-7-13(17)8-6-11)15(21)12-3-2-4-14(9-12)22-16(18)19/h2-9,16H,10H2,1H3. The predicted octanol–water partition coefficient (Wildman–Crippen LogP) is 3.70. The van der Waals surface area contributed by atoms with Gasteiger partial charge in [0.15, 0.2) is 0 Å². The molecule has 0 bridgehead atoms. The molecule has 0 aliphatic rings. The van der Waals surface area contributed by atoms with E-state index in [9.17, 15) is 18.0 Å². The zero-order valence-electron chi connectivity index (χ0n) is 11.8. The van der Waals surface area contributed by atoms with E-state index in [2.05, 4.69) is 4.74 Å². The molecule has 0 aliphatic carbocycles. The molecule has 0 N–H and O–H groups in total. The highest BCUT2D eigenvalue weighted by Crippen LogP contribution is 2.17. The molecule has 0 fully saturated rings. The van der Waals surface area contributed by atoms with Gasteiger partial charge in [-0.3, -0.25) is 4.79 Å². The number of carbonyl (C=O) groups is 1. The van der Waals surface area contributed by atoms with E-state index in [1.807, 2.05) is 0 Å². The number of halogens is 3. The van der Waals surface area contributed by atoms with Crippen molar-refractivity contribution >= 4 is 5.91 Å². The Hall–Kier alpha value is -2.50. The minimum atomic E-state index is -2.94. The predicted molar refractivity (Wildman–Crippen MR) is 75.3 cm³/mol. The number of amides is 1. The normalized spacial score (nSPS) is 10.6. The van der Waals surface area contributed by atoms with Crippen molar-refractivity contribution in [3.63, 3.8) is 0 Å². The van der Waals surface area contributed by atoms with Crippen molar-refractivity contribution in [2.75, 3.05) is 7.05 Å². The largest absolute Gasteiger partial charge is 0.435 e. The quantitative estimate of drug-likeness (QED) is 0.843. The molecule has 0 aromatic heterocycles. The fourth-order valence-electron chi connectivity index (χ4n) is 1.96. The molecule has 2 aromatic rings. The fraction of sp³-hybridized carbons (Fsp3) is 0.188. The molecule has 0 spiro atoms. The van der Waals surface area contributed by atoms with Crippen LogP contribution in [0.1, 0.15) is 15.9 Å². The molecule has 1 amide bonds. The van der Waals surface area contributed by atoms with E-state index in [1.54, 1.807) is 19.2 Å². The van der Waals surface area contributed by atoms with Crippen LogP contribution in [0, 0.1) is 5.82 Å². The molecule has 2 rings (SSSR count). The van der Waals surface area contributed by atoms with Gasteiger partial charge in [0.25, 0.3) is 5.91 Å². The van der Waals surface area contributed by atoms with Crippen LogP contribution in [-0.2, 0) is 6.54 Å². The minimum absolute atomic E-state index is 0.0731. The molecule has 0 saturated heterocycles. The minimum Gasteiger partial charge on any atom is -0.435 e. The first-order valence-corrected chi connectivity index (χ1v) is 6.50. The smallest absolute Gasteiger partial charge is 0.387 e. The van der Waals surface area contributed by atoms with Gasteiger partial charge in [0, 0.05) is 19.2 Å². The molecular formula is C16H14F3NO2. The van der Waals surface area contributed by atoms with E-state index in [1.165, 1.54) is 41.3 Å². The maximum Gasteiger partial charge on any atom is 0.387 e. The summed E-state index contributed by atoms with van der Waals surface area (Å²) >= 11 is 0. The number of ether oxygens (including phenoxy) is 1. The van der Waals surface area contributed by atoms with E-state index in [0.717, 1.165) is 5.56 Å². The third-order valence-electron chi connectivity index (χ3n) is 2.99. The number of hydrogen-bond acceptors (Lipinski definition) is 2. The van der Waals surface area contributed by atoms with Crippen LogP contribution in [0.4, 0.5) is 13.2 Å². The Balaban J connectivity index is 2.08. The number of nitrogens with zero attached hydrogens (tertiary/aromatic N) is 1. The van der Waals surface area contributed by atoms with E-state index >= 15 is 0 Å². The van der Waals surface area contributed by atoms with Crippen molar-refractivity contribution in [3.8, 4) is 5.75 Å². The van der Waals surface area contributed by atoms with Crippen LogP contribution in [0.15, 0.2) is 48.5 Å². The van der Waals surface area contributed by atoms with Crippen molar-refractivity contribution in [2.45, 2.75) is 13.2 Å². The zero-order valence-corrected chi connectivity index (χ0v) is 11.8. The molecule has 2 aromatic carbocycles. The molecular weight excluding hydrogens is 295 g/mol. The highest BCUT2D eigenvalue weighted by Gasteiger charge is 2.14. The van der Waals surface area contributed by atoms with Crippen LogP contribution >= 0.6 is 0 Å². The summed E-state index contributed by atoms with van der Waals surface area (Å²) in [6.45, 7) is -2.67. The summed E-state index contributed by atoms with van der Waals surface area (Å²) in [4.78, 5) is 13.7. The number of carbonyl (C=O) groups excluding carboxylic acids is 1. The van der Waals surface area contributed by atoms with Gasteiger partial charge < -0.3 is 9.64 Å². The topological polar surface area (TPSA) is 29.5 Å². The van der Waals surface area contributed by atoms with E-state index in [0.29, 0.717) is 0 Å². The van der Waals surface area contributed by atoms with Crippen LogP contribution in [0.2, 0.25) is 0 Å². The number of rotatable bonds is 5. The third kappa shape index (κ3) is 4.25. The average Bonchev–Trinajstić information content (AvgIpc) is 2.48. The summed E-state index contributed by atoms with van der Waals surface area (Å²) in [5, 5.41) is 0. The summed E-state index contributed by atoms with van der Waals surface area (Å²) in [6, 6.07) is 11.4. The maximum absolute atomic E-state index is 12.8. The number of alkyl halides is 2.